The average molecular weight is 330 g/mol. The van der Waals surface area contributed by atoms with Crippen molar-refractivity contribution in [3.05, 3.63) is 29.3 Å². The zero-order chi connectivity index (χ0) is 11.5. The van der Waals surface area contributed by atoms with Crippen LogP contribution >= 0.6 is 22.6 Å². The molecule has 1 aliphatic heterocycles. The number of fused-ring (bicyclic) bond motifs is 1. The maximum atomic E-state index is 11.1. The number of anilines is 1. The molecule has 1 atom stereocenters. The van der Waals surface area contributed by atoms with E-state index < -0.39 is 0 Å². The Balaban J connectivity index is 2.38. The van der Waals surface area contributed by atoms with Crippen LogP contribution in [0.1, 0.15) is 24.1 Å². The van der Waals surface area contributed by atoms with Gasteiger partial charge in [-0.05, 0) is 30.2 Å². The molecule has 0 bridgehead atoms. The summed E-state index contributed by atoms with van der Waals surface area (Å²) in [5, 5.41) is 6.39. The van der Waals surface area contributed by atoms with Crippen molar-refractivity contribution < 1.29 is 4.79 Å². The molecule has 1 amide bonds. The topological polar surface area (TPSA) is 41.1 Å². The maximum absolute atomic E-state index is 11.1. The molecule has 0 aromatic heterocycles. The Labute approximate surface area is 109 Å². The third-order valence-electron chi connectivity index (χ3n) is 2.82. The summed E-state index contributed by atoms with van der Waals surface area (Å²) in [6.07, 6.45) is 0.985. The fraction of sp³-hybridized carbons (Fsp3) is 0.417. The van der Waals surface area contributed by atoms with Crippen molar-refractivity contribution in [1.29, 1.82) is 0 Å². The highest BCUT2D eigenvalue weighted by Gasteiger charge is 2.20. The number of rotatable bonds is 2. The van der Waals surface area contributed by atoms with E-state index in [9.17, 15) is 4.79 Å². The van der Waals surface area contributed by atoms with Gasteiger partial charge in [0.25, 0.3) is 0 Å². The molecule has 0 aliphatic carbocycles. The van der Waals surface area contributed by atoms with Crippen LogP contribution in [0.15, 0.2) is 18.2 Å². The van der Waals surface area contributed by atoms with Gasteiger partial charge in [0.15, 0.2) is 0 Å². The molecule has 0 saturated heterocycles. The maximum Gasteiger partial charge on any atom is 0.221 e. The molecule has 1 aromatic carbocycles. The van der Waals surface area contributed by atoms with Gasteiger partial charge in [-0.2, -0.15) is 0 Å². The normalized spacial score (nSPS) is 19.0. The lowest BCUT2D eigenvalue weighted by atomic mass is 9.94. The summed E-state index contributed by atoms with van der Waals surface area (Å²) in [5.74, 6) is -0.00189. The molecule has 2 rings (SSSR count). The van der Waals surface area contributed by atoms with Crippen LogP contribution in [0, 0.1) is 0 Å². The van der Waals surface area contributed by atoms with E-state index in [-0.39, 0.29) is 5.91 Å². The molecule has 1 heterocycles. The smallest absolute Gasteiger partial charge is 0.221 e. The molecule has 16 heavy (non-hydrogen) atoms. The molecule has 0 radical (unpaired) electrons. The molecule has 1 unspecified atom stereocenters. The number of alkyl halides is 1. The van der Waals surface area contributed by atoms with E-state index in [1.165, 1.54) is 11.1 Å². The highest BCUT2D eigenvalue weighted by Crippen LogP contribution is 2.29. The first-order valence-electron chi connectivity index (χ1n) is 5.41. The highest BCUT2D eigenvalue weighted by molar-refractivity contribution is 14.1. The van der Waals surface area contributed by atoms with Gasteiger partial charge in [-0.1, -0.05) is 34.7 Å². The second-order valence-corrected chi connectivity index (χ2v) is 4.85. The standard InChI is InChI=1S/C12H15IN2O/c1-8(16)15-11-4-2-3-9-10(11)5-6-14-12(9)7-13/h2-4,12,14H,5-7H2,1H3,(H,15,16). The lowest BCUT2D eigenvalue weighted by molar-refractivity contribution is -0.114. The number of halogens is 1. The zero-order valence-corrected chi connectivity index (χ0v) is 11.4. The minimum atomic E-state index is -0.00189. The predicted octanol–water partition coefficient (Wildman–Crippen LogP) is 2.27. The molecule has 0 saturated carbocycles. The first-order valence-corrected chi connectivity index (χ1v) is 6.93. The fourth-order valence-corrected chi connectivity index (χ4v) is 2.92. The third-order valence-corrected chi connectivity index (χ3v) is 3.70. The van der Waals surface area contributed by atoms with Crippen molar-refractivity contribution in [3.8, 4) is 0 Å². The first kappa shape index (κ1) is 11.9. The summed E-state index contributed by atoms with van der Waals surface area (Å²) >= 11 is 2.39. The van der Waals surface area contributed by atoms with Gasteiger partial charge in [0.05, 0.1) is 0 Å². The quantitative estimate of drug-likeness (QED) is 0.645. The van der Waals surface area contributed by atoms with Gasteiger partial charge in [0.2, 0.25) is 5.91 Å². The number of nitrogens with one attached hydrogen (secondary N) is 2. The van der Waals surface area contributed by atoms with E-state index in [4.69, 9.17) is 0 Å². The van der Waals surface area contributed by atoms with E-state index in [0.29, 0.717) is 6.04 Å². The zero-order valence-electron chi connectivity index (χ0n) is 9.22. The number of amides is 1. The van der Waals surface area contributed by atoms with E-state index >= 15 is 0 Å². The van der Waals surface area contributed by atoms with E-state index in [1.54, 1.807) is 6.92 Å². The van der Waals surface area contributed by atoms with Crippen LogP contribution in [0.25, 0.3) is 0 Å². The number of carbonyl (C=O) groups is 1. The minimum absolute atomic E-state index is 0.00189. The van der Waals surface area contributed by atoms with Crippen molar-refractivity contribution in [3.63, 3.8) is 0 Å². The first-order chi connectivity index (χ1) is 7.72. The molecule has 0 fully saturated rings. The highest BCUT2D eigenvalue weighted by atomic mass is 127. The number of hydrogen-bond donors (Lipinski definition) is 2. The van der Waals surface area contributed by atoms with Crippen LogP contribution in [0.2, 0.25) is 0 Å². The molecular weight excluding hydrogens is 315 g/mol. The summed E-state index contributed by atoms with van der Waals surface area (Å²) in [7, 11) is 0. The summed E-state index contributed by atoms with van der Waals surface area (Å²) < 4.78 is 1.05. The Bertz CT molecular complexity index is 406. The molecular formula is C12H15IN2O. The van der Waals surface area contributed by atoms with Crippen LogP contribution in [-0.4, -0.2) is 16.9 Å². The predicted molar refractivity (Wildman–Crippen MR) is 74.1 cm³/mol. The Hall–Kier alpha value is -0.620. The van der Waals surface area contributed by atoms with Crippen molar-refractivity contribution in [1.82, 2.24) is 5.32 Å². The molecule has 1 aromatic rings. The minimum Gasteiger partial charge on any atom is -0.326 e. The Morgan fingerprint density at radius 2 is 2.44 bits per heavy atom. The van der Waals surface area contributed by atoms with Crippen molar-refractivity contribution in [2.75, 3.05) is 16.3 Å². The molecule has 2 N–H and O–H groups in total. The van der Waals surface area contributed by atoms with Gasteiger partial charge in [-0.3, -0.25) is 4.79 Å². The summed E-state index contributed by atoms with van der Waals surface area (Å²) in [6.45, 7) is 2.54. The van der Waals surface area contributed by atoms with Gasteiger partial charge < -0.3 is 10.6 Å². The van der Waals surface area contributed by atoms with E-state index in [0.717, 1.165) is 23.1 Å². The third kappa shape index (κ3) is 2.38. The van der Waals surface area contributed by atoms with Crippen LogP contribution in [0.3, 0.4) is 0 Å². The number of hydrogen-bond acceptors (Lipinski definition) is 2. The Morgan fingerprint density at radius 3 is 3.12 bits per heavy atom. The second-order valence-electron chi connectivity index (χ2n) is 3.97. The molecule has 86 valence electrons. The van der Waals surface area contributed by atoms with Gasteiger partial charge in [-0.15, -0.1) is 0 Å². The SMILES string of the molecule is CC(=O)Nc1cccc2c1CCNC2CI. The van der Waals surface area contributed by atoms with Gasteiger partial charge in [-0.25, -0.2) is 0 Å². The summed E-state index contributed by atoms with van der Waals surface area (Å²) in [6, 6.07) is 6.56. The molecule has 3 nitrogen and oxygen atoms in total. The Morgan fingerprint density at radius 1 is 1.62 bits per heavy atom. The van der Waals surface area contributed by atoms with E-state index in [1.807, 2.05) is 12.1 Å². The molecule has 4 heteroatoms. The van der Waals surface area contributed by atoms with Gasteiger partial charge in [0.1, 0.15) is 0 Å². The second kappa shape index (κ2) is 5.14. The van der Waals surface area contributed by atoms with E-state index in [2.05, 4.69) is 39.3 Å². The summed E-state index contributed by atoms with van der Waals surface area (Å²) in [4.78, 5) is 11.1. The largest absolute Gasteiger partial charge is 0.326 e. The lowest BCUT2D eigenvalue weighted by Crippen LogP contribution is -2.31. The van der Waals surface area contributed by atoms with Crippen molar-refractivity contribution in [2.45, 2.75) is 19.4 Å². The van der Waals surface area contributed by atoms with Gasteiger partial charge in [0, 0.05) is 23.1 Å². The number of benzene rings is 1. The molecule has 1 aliphatic rings. The van der Waals surface area contributed by atoms with Crippen molar-refractivity contribution >= 4 is 34.2 Å². The van der Waals surface area contributed by atoms with Crippen LogP contribution < -0.4 is 10.6 Å². The lowest BCUT2D eigenvalue weighted by Gasteiger charge is -2.27. The average Bonchev–Trinajstić information content (AvgIpc) is 2.28. The monoisotopic (exact) mass is 330 g/mol. The molecule has 0 spiro atoms. The number of carbonyl (C=O) groups excluding carboxylic acids is 1. The summed E-state index contributed by atoms with van der Waals surface area (Å²) in [5.41, 5.74) is 3.59. The van der Waals surface area contributed by atoms with Crippen LogP contribution in [0.4, 0.5) is 5.69 Å². The van der Waals surface area contributed by atoms with Crippen LogP contribution in [-0.2, 0) is 11.2 Å². The fourth-order valence-electron chi connectivity index (χ4n) is 2.14. The Kier molecular flexibility index (Phi) is 3.81. The van der Waals surface area contributed by atoms with Gasteiger partial charge >= 0.3 is 0 Å². The van der Waals surface area contributed by atoms with Crippen LogP contribution in [0.5, 0.6) is 0 Å². The van der Waals surface area contributed by atoms with Crippen molar-refractivity contribution in [2.24, 2.45) is 0 Å².